The van der Waals surface area contributed by atoms with Crippen LogP contribution in [0, 0.1) is 0 Å². The first-order chi connectivity index (χ1) is 16.6. The topological polar surface area (TPSA) is 99.7 Å². The molecule has 0 spiro atoms. The summed E-state index contributed by atoms with van der Waals surface area (Å²) < 4.78 is 25.0. The minimum Gasteiger partial charge on any atom is -0.444 e. The van der Waals surface area contributed by atoms with Crippen LogP contribution in [0.5, 0.6) is 0 Å². The molecule has 0 aromatic rings. The van der Waals surface area contributed by atoms with Crippen LogP contribution in [0.15, 0.2) is 0 Å². The van der Waals surface area contributed by atoms with E-state index in [0.717, 1.165) is 25.4 Å². The zero-order valence-corrected chi connectivity index (χ0v) is 23.3. The van der Waals surface area contributed by atoms with Crippen molar-refractivity contribution >= 4 is 26.0 Å². The van der Waals surface area contributed by atoms with Gasteiger partial charge in [0.15, 0.2) is 0 Å². The smallest absolute Gasteiger partial charge is 0.410 e. The summed E-state index contributed by atoms with van der Waals surface area (Å²) in [5.41, 5.74) is -0.622. The lowest BCUT2D eigenvalue weighted by Gasteiger charge is -2.35. The molecule has 1 amide bonds. The third-order valence-corrected chi connectivity index (χ3v) is 8.34. The highest BCUT2D eigenvalue weighted by atomic mass is 31.2. The first-order valence-corrected chi connectivity index (χ1v) is 14.8. The average molecular weight is 519 g/mol. The van der Waals surface area contributed by atoms with E-state index in [1.807, 2.05) is 37.5 Å². The predicted molar refractivity (Wildman–Crippen MR) is 138 cm³/mol. The van der Waals surface area contributed by atoms with E-state index in [-0.39, 0.29) is 6.54 Å². The number of aldehydes is 2. The fourth-order valence-corrected chi connectivity index (χ4v) is 6.39. The zero-order valence-electron chi connectivity index (χ0n) is 22.4. The van der Waals surface area contributed by atoms with Gasteiger partial charge in [-0.2, -0.15) is 0 Å². The highest BCUT2D eigenvalue weighted by Crippen LogP contribution is 2.48. The van der Waals surface area contributed by atoms with Crippen molar-refractivity contribution in [1.29, 1.82) is 0 Å². The largest absolute Gasteiger partial charge is 0.444 e. The van der Waals surface area contributed by atoms with Crippen molar-refractivity contribution in [2.24, 2.45) is 0 Å². The Morgan fingerprint density at radius 1 is 0.857 bits per heavy atom. The summed E-state index contributed by atoms with van der Waals surface area (Å²) in [6.07, 6.45) is 3.96. The Morgan fingerprint density at radius 3 is 1.80 bits per heavy atom. The number of nitrogens with zero attached hydrogens (tertiary/aromatic N) is 4. The third-order valence-electron chi connectivity index (χ3n) is 5.79. The highest BCUT2D eigenvalue weighted by Gasteiger charge is 2.28. The number of hydrogen-bond acceptors (Lipinski definition) is 9. The van der Waals surface area contributed by atoms with Gasteiger partial charge in [0, 0.05) is 58.5 Å². The molecule has 1 atom stereocenters. The van der Waals surface area contributed by atoms with Gasteiger partial charge in [0.1, 0.15) is 18.2 Å². The van der Waals surface area contributed by atoms with Gasteiger partial charge in [-0.25, -0.2) is 4.79 Å². The molecule has 1 saturated heterocycles. The minimum atomic E-state index is -2.86. The summed E-state index contributed by atoms with van der Waals surface area (Å²) in [5, 5.41) is 0. The molecule has 11 heteroatoms. The molecule has 1 rings (SSSR count). The maximum absolute atomic E-state index is 13.6. The van der Waals surface area contributed by atoms with Gasteiger partial charge in [0.25, 0.3) is 0 Å². The van der Waals surface area contributed by atoms with Crippen LogP contribution in [0.1, 0.15) is 47.5 Å². The van der Waals surface area contributed by atoms with Gasteiger partial charge in [-0.05, 0) is 34.1 Å². The molecule has 35 heavy (non-hydrogen) atoms. The molecule has 1 aliphatic rings. The van der Waals surface area contributed by atoms with Gasteiger partial charge >= 0.3 is 6.09 Å². The van der Waals surface area contributed by atoms with Crippen LogP contribution in [0.3, 0.4) is 0 Å². The van der Waals surface area contributed by atoms with Crippen LogP contribution < -0.4 is 0 Å². The molecule has 0 bridgehead atoms. The fourth-order valence-electron chi connectivity index (χ4n) is 3.88. The van der Waals surface area contributed by atoms with Crippen LogP contribution in [-0.2, 0) is 23.4 Å². The first kappa shape index (κ1) is 31.7. The van der Waals surface area contributed by atoms with Crippen molar-refractivity contribution in [3.63, 3.8) is 0 Å². The lowest BCUT2D eigenvalue weighted by molar-refractivity contribution is -0.110. The van der Waals surface area contributed by atoms with Gasteiger partial charge in [-0.15, -0.1) is 0 Å². The molecule has 1 fully saturated rings. The number of carbonyl (C=O) groups is 3. The van der Waals surface area contributed by atoms with Gasteiger partial charge in [-0.1, -0.05) is 13.3 Å². The SMILES string of the molecule is CCCCP(=O)(CN1CCN(CC=O)CCN(CC=O)CCN(C(=O)OC(C)(C)C)CC1)OCC. The van der Waals surface area contributed by atoms with E-state index >= 15 is 0 Å². The average Bonchev–Trinajstić information content (AvgIpc) is 2.76. The normalized spacial score (nSPS) is 19.9. The van der Waals surface area contributed by atoms with Gasteiger partial charge in [0.05, 0.1) is 26.0 Å². The van der Waals surface area contributed by atoms with Crippen LogP contribution in [-0.4, -0.2) is 128 Å². The molecule has 1 heterocycles. The quantitative estimate of drug-likeness (QED) is 0.302. The van der Waals surface area contributed by atoms with Crippen LogP contribution in [0.4, 0.5) is 4.79 Å². The Bertz CT molecular complexity index is 687. The maximum atomic E-state index is 13.6. The Labute approximate surface area is 211 Å². The summed E-state index contributed by atoms with van der Waals surface area (Å²) in [4.78, 5) is 43.2. The van der Waals surface area contributed by atoms with E-state index in [1.54, 1.807) is 4.90 Å². The molecule has 0 saturated carbocycles. The standard InChI is InChI=1S/C24H47N4O6P/c1-6-8-21-35(32,33-7-2)22-27-12-11-25(17-19-29)9-10-26(18-20-30)13-15-28(16-14-27)23(31)34-24(3,4)5/h19-20H,6-18,21-22H2,1-5H3. The van der Waals surface area contributed by atoms with Gasteiger partial charge in [-0.3, -0.25) is 19.3 Å². The lowest BCUT2D eigenvalue weighted by atomic mass is 10.2. The van der Waals surface area contributed by atoms with Crippen molar-refractivity contribution in [3.8, 4) is 0 Å². The van der Waals surface area contributed by atoms with Crippen molar-refractivity contribution < 1.29 is 28.2 Å². The Hall–Kier alpha value is -1.32. The number of unbranched alkanes of at least 4 members (excludes halogenated alkanes) is 1. The van der Waals surface area contributed by atoms with Crippen LogP contribution in [0.2, 0.25) is 0 Å². The lowest BCUT2D eigenvalue weighted by Crippen LogP contribution is -2.49. The molecular formula is C24H47N4O6P. The third kappa shape index (κ3) is 13.5. The Kier molecular flexibility index (Phi) is 14.9. The summed E-state index contributed by atoms with van der Waals surface area (Å²) in [6.45, 7) is 14.6. The number of hydrogen-bond donors (Lipinski definition) is 0. The first-order valence-electron chi connectivity index (χ1n) is 12.8. The molecule has 0 aromatic heterocycles. The Morgan fingerprint density at radius 2 is 1.34 bits per heavy atom. The highest BCUT2D eigenvalue weighted by molar-refractivity contribution is 7.58. The van der Waals surface area contributed by atoms with Crippen molar-refractivity contribution in [2.75, 3.05) is 84.5 Å². The molecular weight excluding hydrogens is 471 g/mol. The number of ether oxygens (including phenoxy) is 1. The van der Waals surface area contributed by atoms with Crippen molar-refractivity contribution in [1.82, 2.24) is 19.6 Å². The van der Waals surface area contributed by atoms with Crippen molar-refractivity contribution in [2.45, 2.75) is 53.1 Å². The summed E-state index contributed by atoms with van der Waals surface area (Å²) in [7, 11) is -2.86. The van der Waals surface area contributed by atoms with Gasteiger partial charge < -0.3 is 23.7 Å². The van der Waals surface area contributed by atoms with Crippen molar-refractivity contribution in [3.05, 3.63) is 0 Å². The summed E-state index contributed by atoms with van der Waals surface area (Å²) >= 11 is 0. The molecule has 1 aliphatic heterocycles. The molecule has 1 unspecified atom stereocenters. The Balaban J connectivity index is 3.12. The zero-order chi connectivity index (χ0) is 26.3. The van der Waals surface area contributed by atoms with Gasteiger partial charge in [0.2, 0.25) is 7.37 Å². The molecule has 0 N–H and O–H groups in total. The second-order valence-corrected chi connectivity index (χ2v) is 12.6. The van der Waals surface area contributed by atoms with Crippen LogP contribution >= 0.6 is 7.37 Å². The summed E-state index contributed by atoms with van der Waals surface area (Å²) in [6, 6.07) is 0. The van der Waals surface area contributed by atoms with Crippen LogP contribution in [0.25, 0.3) is 0 Å². The second kappa shape index (κ2) is 16.4. The molecule has 0 aliphatic carbocycles. The monoisotopic (exact) mass is 518 g/mol. The van der Waals surface area contributed by atoms with E-state index in [1.165, 1.54) is 0 Å². The molecule has 0 aromatic carbocycles. The minimum absolute atomic E-state index is 0.262. The maximum Gasteiger partial charge on any atom is 0.410 e. The predicted octanol–water partition coefficient (Wildman–Crippen LogP) is 2.61. The number of rotatable bonds is 11. The molecule has 204 valence electrons. The number of carbonyl (C=O) groups excluding carboxylic acids is 3. The number of amides is 1. The molecule has 10 nitrogen and oxygen atoms in total. The fraction of sp³-hybridized carbons (Fsp3) is 0.875. The van der Waals surface area contributed by atoms with E-state index in [2.05, 4.69) is 11.8 Å². The molecule has 0 radical (unpaired) electrons. The van der Waals surface area contributed by atoms with E-state index in [9.17, 15) is 18.9 Å². The van der Waals surface area contributed by atoms with E-state index in [4.69, 9.17) is 9.26 Å². The van der Waals surface area contributed by atoms with E-state index < -0.39 is 19.1 Å². The second-order valence-electron chi connectivity index (χ2n) is 9.97. The van der Waals surface area contributed by atoms with E-state index in [0.29, 0.717) is 78.0 Å². The summed E-state index contributed by atoms with van der Waals surface area (Å²) in [5.74, 6) is 0.